The molecule has 10 nitrogen and oxygen atoms in total. The predicted molar refractivity (Wildman–Crippen MR) is 126 cm³/mol. The van der Waals surface area contributed by atoms with Crippen LogP contribution in [0.5, 0.6) is 0 Å². The van der Waals surface area contributed by atoms with E-state index in [0.29, 0.717) is 12.8 Å². The lowest BCUT2D eigenvalue weighted by Gasteiger charge is -2.60. The number of hydrogen-bond acceptors (Lipinski definition) is 10. The smallest absolute Gasteiger partial charge is 0.336 e. The fourth-order valence-corrected chi connectivity index (χ4v) is 7.01. The molecule has 4 aliphatic rings. The van der Waals surface area contributed by atoms with Crippen LogP contribution in [0.2, 0.25) is 0 Å². The van der Waals surface area contributed by atoms with E-state index < -0.39 is 60.9 Å². The Morgan fingerprint density at radius 1 is 1.11 bits per heavy atom. The van der Waals surface area contributed by atoms with E-state index in [0.717, 1.165) is 24.8 Å². The molecule has 0 bridgehead atoms. The van der Waals surface area contributed by atoms with E-state index in [-0.39, 0.29) is 36.0 Å². The Kier molecular flexibility index (Phi) is 8.00. The Balaban J connectivity index is 1.54. The van der Waals surface area contributed by atoms with Crippen LogP contribution in [0.1, 0.15) is 46.0 Å². The lowest BCUT2D eigenvalue weighted by Crippen LogP contribution is -2.61. The number of ether oxygens (including phenoxy) is 3. The van der Waals surface area contributed by atoms with Crippen LogP contribution in [0.3, 0.4) is 0 Å². The summed E-state index contributed by atoms with van der Waals surface area (Å²) in [6, 6.07) is 0. The highest BCUT2D eigenvalue weighted by molar-refractivity contribution is 5.91. The third-order valence-corrected chi connectivity index (χ3v) is 9.30. The molecule has 0 aromatic carbocycles. The van der Waals surface area contributed by atoms with Gasteiger partial charge in [0.2, 0.25) is 0 Å². The van der Waals surface area contributed by atoms with Crippen molar-refractivity contribution in [1.82, 2.24) is 0 Å². The van der Waals surface area contributed by atoms with Gasteiger partial charge in [-0.2, -0.15) is 0 Å². The number of fused-ring (bicyclic) bond motifs is 1. The van der Waals surface area contributed by atoms with E-state index in [1.54, 1.807) is 6.08 Å². The predicted octanol–water partition coefficient (Wildman–Crippen LogP) is -0.213. The SMILES string of the molecule is C=C1CC[C@@H]2[C@](C)(CO[C@@H]3O[C@@H](CO)[C@@H](O)[C@@H](O)[C@H]3O)[C@H](O)CC[C@@]2(C)[C@@H]1C/C=C1/C(=O)OC[C@H]1O. The highest BCUT2D eigenvalue weighted by atomic mass is 16.7. The average molecular weight is 513 g/mol. The molecule has 0 spiro atoms. The fourth-order valence-electron chi connectivity index (χ4n) is 7.01. The second kappa shape index (κ2) is 10.4. The summed E-state index contributed by atoms with van der Waals surface area (Å²) in [6.07, 6.45) is -3.42. The van der Waals surface area contributed by atoms with E-state index in [1.165, 1.54) is 0 Å². The summed E-state index contributed by atoms with van der Waals surface area (Å²) in [7, 11) is 0. The van der Waals surface area contributed by atoms with Crippen LogP contribution >= 0.6 is 0 Å². The number of esters is 1. The molecule has 2 aliphatic heterocycles. The minimum atomic E-state index is -1.54. The molecule has 2 heterocycles. The Labute approximate surface area is 211 Å². The van der Waals surface area contributed by atoms with Crippen molar-refractivity contribution >= 4 is 5.97 Å². The molecule has 0 aromatic heterocycles. The summed E-state index contributed by atoms with van der Waals surface area (Å²) < 4.78 is 16.4. The third kappa shape index (κ3) is 4.67. The summed E-state index contributed by atoms with van der Waals surface area (Å²) in [5.41, 5.74) is 0.356. The van der Waals surface area contributed by atoms with Crippen molar-refractivity contribution in [1.29, 1.82) is 0 Å². The molecule has 0 radical (unpaired) electrons. The van der Waals surface area contributed by atoms with Crippen molar-refractivity contribution in [3.05, 3.63) is 23.8 Å². The standard InChI is InChI=1S/C26H40O10/c1-13-4-7-18-25(2,15(13)6-5-14-16(28)11-34-23(14)33)9-8-19(29)26(18,3)12-35-24-22(32)21(31)20(30)17(10-27)36-24/h5,15-22,24,27-32H,1,4,6-12H2,2-3H3/b14-5+/t15-,16-,17+,18+,19-,20-,21-,22-,24-,25+,26+/m1/s1. The Bertz CT molecular complexity index is 873. The highest BCUT2D eigenvalue weighted by Crippen LogP contribution is 2.62. The van der Waals surface area contributed by atoms with Gasteiger partial charge in [-0.05, 0) is 49.4 Å². The van der Waals surface area contributed by atoms with Crippen LogP contribution in [0.25, 0.3) is 0 Å². The molecule has 11 atom stereocenters. The summed E-state index contributed by atoms with van der Waals surface area (Å²) in [4.78, 5) is 12.0. The van der Waals surface area contributed by atoms with Gasteiger partial charge >= 0.3 is 5.97 Å². The zero-order valence-corrected chi connectivity index (χ0v) is 21.0. The number of allylic oxidation sites excluding steroid dienone is 2. The molecule has 2 saturated heterocycles. The minimum Gasteiger partial charge on any atom is -0.459 e. The van der Waals surface area contributed by atoms with Gasteiger partial charge in [-0.15, -0.1) is 0 Å². The number of aliphatic hydroxyl groups is 6. The lowest BCUT2D eigenvalue weighted by atomic mass is 9.46. The van der Waals surface area contributed by atoms with Gasteiger partial charge in [0.05, 0.1) is 24.9 Å². The van der Waals surface area contributed by atoms with E-state index >= 15 is 0 Å². The summed E-state index contributed by atoms with van der Waals surface area (Å²) in [5.74, 6) is -0.473. The second-order valence-corrected chi connectivity index (χ2v) is 11.4. The van der Waals surface area contributed by atoms with E-state index in [4.69, 9.17) is 14.2 Å². The van der Waals surface area contributed by atoms with Gasteiger partial charge in [-0.25, -0.2) is 4.79 Å². The van der Waals surface area contributed by atoms with Gasteiger partial charge in [-0.1, -0.05) is 32.1 Å². The number of rotatable bonds is 6. The van der Waals surface area contributed by atoms with Gasteiger partial charge < -0.3 is 44.8 Å². The second-order valence-electron chi connectivity index (χ2n) is 11.4. The van der Waals surface area contributed by atoms with Crippen LogP contribution in [-0.2, 0) is 19.0 Å². The number of carbonyl (C=O) groups excluding carboxylic acids is 1. The quantitative estimate of drug-likeness (QED) is 0.159. The molecule has 204 valence electrons. The molecular formula is C26H40O10. The molecule has 0 unspecified atom stereocenters. The number of carbonyl (C=O) groups is 1. The van der Waals surface area contributed by atoms with Crippen molar-refractivity contribution in [2.24, 2.45) is 22.7 Å². The third-order valence-electron chi connectivity index (χ3n) is 9.30. The van der Waals surface area contributed by atoms with E-state index in [2.05, 4.69) is 13.5 Å². The van der Waals surface area contributed by atoms with Crippen molar-refractivity contribution in [2.45, 2.75) is 88.9 Å². The maximum Gasteiger partial charge on any atom is 0.336 e. The van der Waals surface area contributed by atoms with Gasteiger partial charge in [0, 0.05) is 5.41 Å². The normalized spacial score (nSPS) is 48.7. The van der Waals surface area contributed by atoms with Crippen molar-refractivity contribution in [2.75, 3.05) is 19.8 Å². The average Bonchev–Trinajstić information content (AvgIpc) is 3.16. The van der Waals surface area contributed by atoms with Gasteiger partial charge in [0.1, 0.15) is 37.1 Å². The molecule has 4 fully saturated rings. The molecule has 2 saturated carbocycles. The van der Waals surface area contributed by atoms with Gasteiger partial charge in [-0.3, -0.25) is 0 Å². The molecular weight excluding hydrogens is 472 g/mol. The Morgan fingerprint density at radius 3 is 2.47 bits per heavy atom. The Morgan fingerprint density at radius 2 is 1.83 bits per heavy atom. The summed E-state index contributed by atoms with van der Waals surface area (Å²) >= 11 is 0. The number of aliphatic hydroxyl groups excluding tert-OH is 6. The van der Waals surface area contributed by atoms with Crippen molar-refractivity contribution in [3.8, 4) is 0 Å². The van der Waals surface area contributed by atoms with Crippen LogP contribution in [0.15, 0.2) is 23.8 Å². The molecule has 4 rings (SSSR count). The van der Waals surface area contributed by atoms with Crippen molar-refractivity contribution < 1.29 is 49.6 Å². The molecule has 0 aromatic rings. The molecule has 2 aliphatic carbocycles. The van der Waals surface area contributed by atoms with Crippen molar-refractivity contribution in [3.63, 3.8) is 0 Å². The first-order valence-corrected chi connectivity index (χ1v) is 12.8. The maximum absolute atomic E-state index is 12.0. The Hall–Kier alpha value is -1.37. The largest absolute Gasteiger partial charge is 0.459 e. The van der Waals surface area contributed by atoms with Gasteiger partial charge in [0.15, 0.2) is 6.29 Å². The van der Waals surface area contributed by atoms with Crippen LogP contribution in [-0.4, -0.2) is 99.3 Å². The monoisotopic (exact) mass is 512 g/mol. The van der Waals surface area contributed by atoms with E-state index in [1.807, 2.05) is 6.92 Å². The van der Waals surface area contributed by atoms with Crippen LogP contribution in [0, 0.1) is 22.7 Å². The maximum atomic E-state index is 12.0. The molecule has 10 heteroatoms. The first-order valence-electron chi connectivity index (χ1n) is 12.8. The summed E-state index contributed by atoms with van der Waals surface area (Å²) in [6.45, 7) is 7.89. The minimum absolute atomic E-state index is 0.00740. The van der Waals surface area contributed by atoms with Crippen LogP contribution < -0.4 is 0 Å². The molecule has 36 heavy (non-hydrogen) atoms. The molecule has 0 amide bonds. The zero-order valence-electron chi connectivity index (χ0n) is 21.0. The summed E-state index contributed by atoms with van der Waals surface area (Å²) in [5, 5.41) is 61.3. The highest BCUT2D eigenvalue weighted by Gasteiger charge is 2.58. The van der Waals surface area contributed by atoms with E-state index in [9.17, 15) is 35.4 Å². The lowest BCUT2D eigenvalue weighted by molar-refractivity contribution is -0.313. The van der Waals surface area contributed by atoms with Gasteiger partial charge in [0.25, 0.3) is 0 Å². The topological polar surface area (TPSA) is 166 Å². The van der Waals surface area contributed by atoms with Crippen LogP contribution in [0.4, 0.5) is 0 Å². The first kappa shape index (κ1) is 27.7. The first-order chi connectivity index (χ1) is 16.9. The zero-order chi connectivity index (χ0) is 26.4. The molecule has 6 N–H and O–H groups in total. The fraction of sp³-hybridized carbons (Fsp3) is 0.808. The number of hydrogen-bond donors (Lipinski definition) is 6. The number of cyclic esters (lactones) is 1.